The fourth-order valence-electron chi connectivity index (χ4n) is 1.67. The summed E-state index contributed by atoms with van der Waals surface area (Å²) in [6, 6.07) is -0.973. The normalized spacial score (nSPS) is 12.9. The highest BCUT2D eigenvalue weighted by Crippen LogP contribution is 2.08. The zero-order chi connectivity index (χ0) is 16.8. The topological polar surface area (TPSA) is 115 Å². The summed E-state index contributed by atoms with van der Waals surface area (Å²) >= 11 is 0. The Morgan fingerprint density at radius 3 is 2.59 bits per heavy atom. The average Bonchev–Trinajstić information content (AvgIpc) is 2.79. The Kier molecular flexibility index (Phi) is 6.48. The monoisotopic (exact) mass is 313 g/mol. The van der Waals surface area contributed by atoms with Gasteiger partial charge in [0.05, 0.1) is 5.60 Å². The van der Waals surface area contributed by atoms with Gasteiger partial charge < -0.3 is 19.7 Å². The van der Waals surface area contributed by atoms with Gasteiger partial charge >= 0.3 is 5.97 Å². The molecule has 0 aliphatic heterocycles. The third kappa shape index (κ3) is 7.16. The molecule has 2 N–H and O–H groups in total. The number of nitrogens with zero attached hydrogens (tertiary/aromatic N) is 2. The van der Waals surface area contributed by atoms with Crippen LogP contribution in [0.25, 0.3) is 0 Å². The number of hydrogen-bond acceptors (Lipinski definition) is 6. The molecule has 1 amide bonds. The smallest absolute Gasteiger partial charge is 0.326 e. The molecule has 0 aliphatic rings. The van der Waals surface area contributed by atoms with Gasteiger partial charge in [0.2, 0.25) is 11.8 Å². The summed E-state index contributed by atoms with van der Waals surface area (Å²) in [5.41, 5.74) is -0.344. The van der Waals surface area contributed by atoms with Gasteiger partial charge in [0.25, 0.3) is 0 Å². The van der Waals surface area contributed by atoms with Gasteiger partial charge in [-0.15, -0.1) is 0 Å². The zero-order valence-corrected chi connectivity index (χ0v) is 13.4. The molecule has 1 aromatic rings. The summed E-state index contributed by atoms with van der Waals surface area (Å²) in [4.78, 5) is 26.9. The Morgan fingerprint density at radius 1 is 1.41 bits per heavy atom. The molecule has 1 aromatic heterocycles. The highest BCUT2D eigenvalue weighted by molar-refractivity contribution is 5.83. The summed E-state index contributed by atoms with van der Waals surface area (Å²) in [5, 5.41) is 15.2. The average molecular weight is 313 g/mol. The Morgan fingerprint density at radius 2 is 2.09 bits per heavy atom. The van der Waals surface area contributed by atoms with E-state index in [1.807, 2.05) is 20.8 Å². The first-order valence-electron chi connectivity index (χ1n) is 7.12. The van der Waals surface area contributed by atoms with E-state index in [1.165, 1.54) is 0 Å². The number of amides is 1. The van der Waals surface area contributed by atoms with E-state index in [9.17, 15) is 9.59 Å². The Bertz CT molecular complexity index is 507. The van der Waals surface area contributed by atoms with Gasteiger partial charge in [0, 0.05) is 25.9 Å². The molecule has 0 radical (unpaired) electrons. The van der Waals surface area contributed by atoms with E-state index in [2.05, 4.69) is 15.5 Å². The Labute approximate surface area is 129 Å². The second kappa shape index (κ2) is 7.88. The van der Waals surface area contributed by atoms with E-state index in [-0.39, 0.29) is 37.4 Å². The summed E-state index contributed by atoms with van der Waals surface area (Å²) in [6.07, 6.45) is 0.570. The standard InChI is InChI=1S/C14H23N3O5/c1-9-15-12(22-17-9)6-5-11(18)16-10(13(19)20)7-8-21-14(2,3)4/h10H,5-8H2,1-4H3,(H,16,18)(H,19,20). The minimum atomic E-state index is -1.08. The predicted molar refractivity (Wildman–Crippen MR) is 77.2 cm³/mol. The second-order valence-corrected chi connectivity index (χ2v) is 5.94. The van der Waals surface area contributed by atoms with Crippen molar-refractivity contribution in [3.05, 3.63) is 11.7 Å². The Hall–Kier alpha value is -1.96. The fraction of sp³-hybridized carbons (Fsp3) is 0.714. The molecule has 1 atom stereocenters. The largest absolute Gasteiger partial charge is 0.480 e. The molecule has 0 aromatic carbocycles. The van der Waals surface area contributed by atoms with Gasteiger partial charge in [-0.3, -0.25) is 4.79 Å². The molecular weight excluding hydrogens is 290 g/mol. The summed E-state index contributed by atoms with van der Waals surface area (Å²) < 4.78 is 10.4. The van der Waals surface area contributed by atoms with Crippen LogP contribution in [0.15, 0.2) is 4.52 Å². The molecule has 1 rings (SSSR count). The minimum Gasteiger partial charge on any atom is -0.480 e. The van der Waals surface area contributed by atoms with Crippen molar-refractivity contribution >= 4 is 11.9 Å². The maximum atomic E-state index is 11.8. The van der Waals surface area contributed by atoms with Crippen LogP contribution >= 0.6 is 0 Å². The van der Waals surface area contributed by atoms with E-state index >= 15 is 0 Å². The minimum absolute atomic E-state index is 0.0888. The van der Waals surface area contributed by atoms with Gasteiger partial charge in [0.15, 0.2) is 5.82 Å². The second-order valence-electron chi connectivity index (χ2n) is 5.94. The van der Waals surface area contributed by atoms with Crippen LogP contribution in [0.4, 0.5) is 0 Å². The maximum absolute atomic E-state index is 11.8. The van der Waals surface area contributed by atoms with E-state index in [4.69, 9.17) is 14.4 Å². The quantitative estimate of drug-likeness (QED) is 0.738. The van der Waals surface area contributed by atoms with Crippen LogP contribution in [-0.4, -0.2) is 45.4 Å². The van der Waals surface area contributed by atoms with E-state index in [0.29, 0.717) is 11.7 Å². The number of rotatable bonds is 8. The van der Waals surface area contributed by atoms with Crippen molar-refractivity contribution in [1.82, 2.24) is 15.5 Å². The number of nitrogens with one attached hydrogen (secondary N) is 1. The van der Waals surface area contributed by atoms with Crippen LogP contribution in [-0.2, 0) is 20.7 Å². The van der Waals surface area contributed by atoms with Crippen molar-refractivity contribution in [2.75, 3.05) is 6.61 Å². The molecule has 1 unspecified atom stereocenters. The number of carboxylic acids is 1. The molecular formula is C14H23N3O5. The van der Waals surface area contributed by atoms with Crippen molar-refractivity contribution in [2.24, 2.45) is 0 Å². The number of ether oxygens (including phenoxy) is 1. The predicted octanol–water partition coefficient (Wildman–Crippen LogP) is 1.09. The first kappa shape index (κ1) is 18.1. The first-order valence-corrected chi connectivity index (χ1v) is 7.12. The van der Waals surface area contributed by atoms with Crippen molar-refractivity contribution in [2.45, 2.75) is 58.6 Å². The van der Waals surface area contributed by atoms with Crippen LogP contribution < -0.4 is 5.32 Å². The van der Waals surface area contributed by atoms with E-state index in [0.717, 1.165) is 0 Å². The van der Waals surface area contributed by atoms with Gasteiger partial charge in [0.1, 0.15) is 6.04 Å². The van der Waals surface area contributed by atoms with Gasteiger partial charge in [-0.2, -0.15) is 4.98 Å². The molecule has 8 nitrogen and oxygen atoms in total. The van der Waals surface area contributed by atoms with E-state index in [1.54, 1.807) is 6.92 Å². The van der Waals surface area contributed by atoms with E-state index < -0.39 is 12.0 Å². The molecule has 124 valence electrons. The third-order valence-corrected chi connectivity index (χ3v) is 2.71. The summed E-state index contributed by atoms with van der Waals surface area (Å²) in [7, 11) is 0. The maximum Gasteiger partial charge on any atom is 0.326 e. The van der Waals surface area contributed by atoms with Gasteiger partial charge in [-0.25, -0.2) is 4.79 Å². The Balaban J connectivity index is 2.38. The lowest BCUT2D eigenvalue weighted by Crippen LogP contribution is -2.42. The molecule has 0 spiro atoms. The lowest BCUT2D eigenvalue weighted by Gasteiger charge is -2.21. The number of aliphatic carboxylic acids is 1. The van der Waals surface area contributed by atoms with Crippen molar-refractivity contribution in [1.29, 1.82) is 0 Å². The number of aromatic nitrogens is 2. The van der Waals surface area contributed by atoms with Crippen LogP contribution in [0.1, 0.15) is 45.3 Å². The molecule has 22 heavy (non-hydrogen) atoms. The molecule has 0 bridgehead atoms. The van der Waals surface area contributed by atoms with Gasteiger partial charge in [-0.05, 0) is 27.7 Å². The molecule has 8 heteroatoms. The summed E-state index contributed by atoms with van der Waals surface area (Å²) in [6.45, 7) is 7.58. The third-order valence-electron chi connectivity index (χ3n) is 2.71. The highest BCUT2D eigenvalue weighted by Gasteiger charge is 2.21. The van der Waals surface area contributed by atoms with Crippen molar-refractivity contribution in [3.63, 3.8) is 0 Å². The number of carbonyl (C=O) groups excluding carboxylic acids is 1. The number of aryl methyl sites for hydroxylation is 2. The summed E-state index contributed by atoms with van der Waals surface area (Å²) in [5.74, 6) is -0.604. The lowest BCUT2D eigenvalue weighted by molar-refractivity contribution is -0.142. The molecule has 0 fully saturated rings. The lowest BCUT2D eigenvalue weighted by atomic mass is 10.1. The van der Waals surface area contributed by atoms with Crippen LogP contribution in [0.3, 0.4) is 0 Å². The SMILES string of the molecule is Cc1noc(CCC(=O)NC(CCOC(C)(C)C)C(=O)O)n1. The zero-order valence-electron chi connectivity index (χ0n) is 13.4. The van der Waals surface area contributed by atoms with Crippen LogP contribution in [0.2, 0.25) is 0 Å². The number of carbonyl (C=O) groups is 2. The van der Waals surface area contributed by atoms with Gasteiger partial charge in [-0.1, -0.05) is 5.16 Å². The number of hydrogen-bond donors (Lipinski definition) is 2. The van der Waals surface area contributed by atoms with Crippen molar-refractivity contribution in [3.8, 4) is 0 Å². The van der Waals surface area contributed by atoms with Crippen LogP contribution in [0, 0.1) is 6.92 Å². The fourth-order valence-corrected chi connectivity index (χ4v) is 1.67. The highest BCUT2D eigenvalue weighted by atomic mass is 16.5. The van der Waals surface area contributed by atoms with Crippen LogP contribution in [0.5, 0.6) is 0 Å². The molecule has 0 aliphatic carbocycles. The number of carboxylic acid groups (broad SMARTS) is 1. The molecule has 0 saturated heterocycles. The molecule has 1 heterocycles. The van der Waals surface area contributed by atoms with Crippen molar-refractivity contribution < 1.29 is 24.0 Å². The molecule has 0 saturated carbocycles. The first-order chi connectivity index (χ1) is 10.2.